The van der Waals surface area contributed by atoms with E-state index in [-0.39, 0.29) is 14.5 Å². The number of aromatic nitrogens is 1. The van der Waals surface area contributed by atoms with Gasteiger partial charge in [0.25, 0.3) is 0 Å². The van der Waals surface area contributed by atoms with E-state index in [9.17, 15) is 4.79 Å². The normalized spacial score (nSPS) is 11.5. The van der Waals surface area contributed by atoms with E-state index >= 15 is 0 Å². The standard InChI is InChI=1S/C8H9Cl2NO2S/c1-8(2,3)13-6(12)4-5(9)11-7(10)14-4/h1-3H3. The number of carbonyl (C=O) groups is 1. The summed E-state index contributed by atoms with van der Waals surface area (Å²) >= 11 is 12.3. The first-order valence-electron chi connectivity index (χ1n) is 3.85. The van der Waals surface area contributed by atoms with Crippen molar-refractivity contribution in [3.05, 3.63) is 14.5 Å². The van der Waals surface area contributed by atoms with E-state index in [4.69, 9.17) is 27.9 Å². The predicted molar refractivity (Wildman–Crippen MR) is 57.3 cm³/mol. The van der Waals surface area contributed by atoms with Gasteiger partial charge in [0.1, 0.15) is 5.60 Å². The highest BCUT2D eigenvalue weighted by molar-refractivity contribution is 7.18. The van der Waals surface area contributed by atoms with Crippen molar-refractivity contribution in [2.75, 3.05) is 0 Å². The minimum absolute atomic E-state index is 0.0919. The van der Waals surface area contributed by atoms with E-state index < -0.39 is 11.6 Å². The Kier molecular flexibility index (Phi) is 3.40. The number of hydrogen-bond acceptors (Lipinski definition) is 4. The fraction of sp³-hybridized carbons (Fsp3) is 0.500. The molecule has 0 aromatic carbocycles. The zero-order valence-corrected chi connectivity index (χ0v) is 10.3. The SMILES string of the molecule is CC(C)(C)OC(=O)c1sc(Cl)nc1Cl. The molecular weight excluding hydrogens is 245 g/mol. The van der Waals surface area contributed by atoms with Crippen LogP contribution in [0.25, 0.3) is 0 Å². The van der Waals surface area contributed by atoms with Gasteiger partial charge in [0.05, 0.1) is 0 Å². The summed E-state index contributed by atoms with van der Waals surface area (Å²) in [6.45, 7) is 5.34. The van der Waals surface area contributed by atoms with Gasteiger partial charge in [-0.25, -0.2) is 9.78 Å². The molecule has 1 rings (SSSR count). The molecule has 0 bridgehead atoms. The van der Waals surface area contributed by atoms with Gasteiger partial charge in [-0.2, -0.15) is 0 Å². The highest BCUT2D eigenvalue weighted by Crippen LogP contribution is 2.28. The molecule has 14 heavy (non-hydrogen) atoms. The Bertz CT molecular complexity index is 357. The Morgan fingerprint density at radius 1 is 1.43 bits per heavy atom. The molecule has 0 saturated heterocycles. The molecule has 3 nitrogen and oxygen atoms in total. The number of ether oxygens (including phenoxy) is 1. The second kappa shape index (κ2) is 4.04. The van der Waals surface area contributed by atoms with Crippen LogP contribution in [-0.2, 0) is 4.74 Å². The molecule has 0 aliphatic carbocycles. The molecule has 78 valence electrons. The largest absolute Gasteiger partial charge is 0.456 e. The zero-order valence-electron chi connectivity index (χ0n) is 7.93. The summed E-state index contributed by atoms with van der Waals surface area (Å²) in [6.07, 6.45) is 0. The van der Waals surface area contributed by atoms with Crippen molar-refractivity contribution in [2.45, 2.75) is 26.4 Å². The van der Waals surface area contributed by atoms with Crippen LogP contribution in [-0.4, -0.2) is 16.6 Å². The lowest BCUT2D eigenvalue weighted by atomic mass is 10.2. The average molecular weight is 254 g/mol. The van der Waals surface area contributed by atoms with Gasteiger partial charge in [-0.15, -0.1) is 0 Å². The van der Waals surface area contributed by atoms with Crippen molar-refractivity contribution in [3.63, 3.8) is 0 Å². The first-order valence-corrected chi connectivity index (χ1v) is 5.42. The Morgan fingerprint density at radius 2 is 2.00 bits per heavy atom. The molecule has 0 aliphatic rings. The van der Waals surface area contributed by atoms with Crippen molar-refractivity contribution >= 4 is 40.5 Å². The van der Waals surface area contributed by atoms with Crippen LogP contribution in [0.15, 0.2) is 0 Å². The van der Waals surface area contributed by atoms with Crippen LogP contribution >= 0.6 is 34.5 Å². The maximum atomic E-state index is 11.5. The van der Waals surface area contributed by atoms with E-state index in [1.165, 1.54) is 0 Å². The van der Waals surface area contributed by atoms with E-state index in [0.29, 0.717) is 0 Å². The molecule has 0 saturated carbocycles. The van der Waals surface area contributed by atoms with Crippen LogP contribution in [0.5, 0.6) is 0 Å². The monoisotopic (exact) mass is 253 g/mol. The second-order valence-corrected chi connectivity index (χ2v) is 5.53. The summed E-state index contributed by atoms with van der Waals surface area (Å²) in [5.41, 5.74) is -0.545. The van der Waals surface area contributed by atoms with Crippen molar-refractivity contribution in [3.8, 4) is 0 Å². The predicted octanol–water partition coefficient (Wildman–Crippen LogP) is 3.41. The molecule has 1 heterocycles. The van der Waals surface area contributed by atoms with E-state index in [2.05, 4.69) is 4.98 Å². The number of thiazole rings is 1. The van der Waals surface area contributed by atoms with E-state index in [1.807, 2.05) is 0 Å². The molecule has 0 atom stereocenters. The minimum Gasteiger partial charge on any atom is -0.456 e. The Morgan fingerprint density at radius 3 is 2.36 bits per heavy atom. The first kappa shape index (κ1) is 11.8. The molecule has 0 amide bonds. The third kappa shape index (κ3) is 3.12. The van der Waals surface area contributed by atoms with Gasteiger partial charge in [-0.3, -0.25) is 0 Å². The molecule has 1 aromatic rings. The lowest BCUT2D eigenvalue weighted by Gasteiger charge is -2.18. The molecule has 0 aliphatic heterocycles. The fourth-order valence-corrected chi connectivity index (χ4v) is 1.97. The quantitative estimate of drug-likeness (QED) is 0.721. The fourth-order valence-electron chi connectivity index (χ4n) is 0.727. The lowest BCUT2D eigenvalue weighted by molar-refractivity contribution is 0.00752. The number of esters is 1. The van der Waals surface area contributed by atoms with Crippen LogP contribution in [0.3, 0.4) is 0 Å². The van der Waals surface area contributed by atoms with Crippen LogP contribution in [0.4, 0.5) is 0 Å². The summed E-state index contributed by atoms with van der Waals surface area (Å²) in [5, 5.41) is 0.0919. The number of carbonyl (C=O) groups excluding carboxylic acids is 1. The van der Waals surface area contributed by atoms with Crippen LogP contribution in [0.1, 0.15) is 30.4 Å². The van der Waals surface area contributed by atoms with Gasteiger partial charge in [0.2, 0.25) is 0 Å². The van der Waals surface area contributed by atoms with Crippen molar-refractivity contribution < 1.29 is 9.53 Å². The van der Waals surface area contributed by atoms with E-state index in [0.717, 1.165) is 11.3 Å². The third-order valence-electron chi connectivity index (χ3n) is 1.14. The van der Waals surface area contributed by atoms with Gasteiger partial charge in [0, 0.05) is 0 Å². The third-order valence-corrected chi connectivity index (χ3v) is 2.67. The molecule has 0 unspecified atom stereocenters. The summed E-state index contributed by atoms with van der Waals surface area (Å²) in [6, 6.07) is 0. The summed E-state index contributed by atoms with van der Waals surface area (Å²) in [5.74, 6) is -0.494. The van der Waals surface area contributed by atoms with Crippen molar-refractivity contribution in [2.24, 2.45) is 0 Å². The van der Waals surface area contributed by atoms with Gasteiger partial charge in [-0.1, -0.05) is 34.5 Å². The number of rotatable bonds is 1. The van der Waals surface area contributed by atoms with Crippen molar-refractivity contribution in [1.29, 1.82) is 0 Å². The van der Waals surface area contributed by atoms with Crippen molar-refractivity contribution in [1.82, 2.24) is 4.98 Å². The van der Waals surface area contributed by atoms with Gasteiger partial charge in [0.15, 0.2) is 14.5 Å². The Labute approximate surface area is 96.0 Å². The molecule has 0 radical (unpaired) electrons. The minimum atomic E-state index is -0.545. The van der Waals surface area contributed by atoms with Gasteiger partial charge < -0.3 is 4.74 Å². The first-order chi connectivity index (χ1) is 6.29. The van der Waals surface area contributed by atoms with Gasteiger partial charge >= 0.3 is 5.97 Å². The maximum Gasteiger partial charge on any atom is 0.352 e. The second-order valence-electron chi connectivity index (χ2n) is 3.59. The van der Waals surface area contributed by atoms with Crippen LogP contribution < -0.4 is 0 Å². The molecule has 1 aromatic heterocycles. The average Bonchev–Trinajstić information content (AvgIpc) is 2.26. The Balaban J connectivity index is 2.85. The molecule has 0 N–H and O–H groups in total. The number of hydrogen-bond donors (Lipinski definition) is 0. The van der Waals surface area contributed by atoms with Crippen LogP contribution in [0.2, 0.25) is 9.62 Å². The highest BCUT2D eigenvalue weighted by Gasteiger charge is 2.22. The summed E-state index contributed by atoms with van der Waals surface area (Å²) in [7, 11) is 0. The number of nitrogens with zero attached hydrogens (tertiary/aromatic N) is 1. The lowest BCUT2D eigenvalue weighted by Crippen LogP contribution is -2.23. The smallest absolute Gasteiger partial charge is 0.352 e. The molecular formula is C8H9Cl2NO2S. The zero-order chi connectivity index (χ0) is 10.9. The van der Waals surface area contributed by atoms with E-state index in [1.54, 1.807) is 20.8 Å². The molecule has 0 fully saturated rings. The van der Waals surface area contributed by atoms with Gasteiger partial charge in [-0.05, 0) is 20.8 Å². The highest BCUT2D eigenvalue weighted by atomic mass is 35.5. The Hall–Kier alpha value is -0.320. The summed E-state index contributed by atoms with van der Waals surface area (Å²) < 4.78 is 5.34. The molecule has 6 heteroatoms. The number of halogens is 2. The summed E-state index contributed by atoms with van der Waals surface area (Å²) in [4.78, 5) is 15.5. The topological polar surface area (TPSA) is 39.2 Å². The van der Waals surface area contributed by atoms with Crippen LogP contribution in [0, 0.1) is 0 Å². The molecule has 0 spiro atoms. The maximum absolute atomic E-state index is 11.5.